The summed E-state index contributed by atoms with van der Waals surface area (Å²) in [4.78, 5) is 18.1. The molecular weight excluding hydrogens is 358 g/mol. The first-order valence-electron chi connectivity index (χ1n) is 9.84. The number of nitrogens with one attached hydrogen (secondary N) is 1. The molecule has 0 amide bonds. The number of anilines is 1. The molecule has 152 valence electrons. The summed E-state index contributed by atoms with van der Waals surface area (Å²) in [6.07, 6.45) is 1.65. The molecule has 1 N–H and O–H groups in total. The van der Waals surface area contributed by atoms with Crippen molar-refractivity contribution >= 4 is 11.8 Å². The van der Waals surface area contributed by atoms with Crippen LogP contribution in [-0.2, 0) is 11.3 Å². The minimum absolute atomic E-state index is 0.181. The molecule has 1 fully saturated rings. The van der Waals surface area contributed by atoms with Crippen molar-refractivity contribution in [2.75, 3.05) is 44.2 Å². The van der Waals surface area contributed by atoms with E-state index in [4.69, 9.17) is 9.26 Å². The first kappa shape index (κ1) is 20.1. The van der Waals surface area contributed by atoms with E-state index in [-0.39, 0.29) is 6.10 Å². The van der Waals surface area contributed by atoms with Crippen LogP contribution in [0.3, 0.4) is 0 Å². The fraction of sp³-hybridized carbons (Fsp3) is 0.579. The number of aromatic nitrogens is 3. The van der Waals surface area contributed by atoms with Gasteiger partial charge in [-0.05, 0) is 32.9 Å². The van der Waals surface area contributed by atoms with Crippen molar-refractivity contribution in [3.05, 3.63) is 36.1 Å². The van der Waals surface area contributed by atoms with E-state index in [1.54, 1.807) is 0 Å². The third kappa shape index (κ3) is 5.19. The van der Waals surface area contributed by atoms with Gasteiger partial charge in [0.25, 0.3) is 0 Å². The lowest BCUT2D eigenvalue weighted by Gasteiger charge is -2.37. The Kier molecular flexibility index (Phi) is 7.18. The summed E-state index contributed by atoms with van der Waals surface area (Å²) in [5.41, 5.74) is 0. The van der Waals surface area contributed by atoms with E-state index in [0.717, 1.165) is 44.5 Å². The number of ether oxygens (including phenoxy) is 1. The van der Waals surface area contributed by atoms with Crippen molar-refractivity contribution in [3.8, 4) is 0 Å². The maximum atomic E-state index is 5.50. The van der Waals surface area contributed by atoms with E-state index < -0.39 is 0 Å². The number of aliphatic imine (C=N–C) groups is 1. The van der Waals surface area contributed by atoms with Crippen molar-refractivity contribution in [2.24, 2.45) is 4.99 Å². The number of rotatable bonds is 7. The average molecular weight is 387 g/mol. The zero-order valence-electron chi connectivity index (χ0n) is 16.8. The molecule has 3 rings (SSSR count). The van der Waals surface area contributed by atoms with Crippen LogP contribution in [0, 0.1) is 0 Å². The van der Waals surface area contributed by atoms with Crippen LogP contribution in [0.2, 0.25) is 0 Å². The second kappa shape index (κ2) is 10.0. The predicted molar refractivity (Wildman–Crippen MR) is 107 cm³/mol. The quantitative estimate of drug-likeness (QED) is 0.568. The molecule has 9 nitrogen and oxygen atoms in total. The zero-order chi connectivity index (χ0) is 19.8. The predicted octanol–water partition coefficient (Wildman–Crippen LogP) is 1.85. The molecule has 0 bridgehead atoms. The Bertz CT molecular complexity index is 742. The Labute approximate surface area is 165 Å². The summed E-state index contributed by atoms with van der Waals surface area (Å²) in [7, 11) is 0. The molecule has 1 aliphatic rings. The van der Waals surface area contributed by atoms with E-state index in [0.29, 0.717) is 24.9 Å². The Morgan fingerprint density at radius 1 is 1.29 bits per heavy atom. The van der Waals surface area contributed by atoms with Crippen LogP contribution >= 0.6 is 0 Å². The van der Waals surface area contributed by atoms with E-state index >= 15 is 0 Å². The third-order valence-electron chi connectivity index (χ3n) is 4.52. The van der Waals surface area contributed by atoms with Gasteiger partial charge < -0.3 is 24.4 Å². The van der Waals surface area contributed by atoms with Crippen molar-refractivity contribution < 1.29 is 9.26 Å². The van der Waals surface area contributed by atoms with Crippen molar-refractivity contribution in [3.63, 3.8) is 0 Å². The first-order chi connectivity index (χ1) is 13.7. The number of hydrogen-bond acceptors (Lipinski definition) is 7. The highest BCUT2D eigenvalue weighted by Gasteiger charge is 2.21. The Balaban J connectivity index is 1.59. The van der Waals surface area contributed by atoms with Gasteiger partial charge in [-0.1, -0.05) is 11.2 Å². The monoisotopic (exact) mass is 387 g/mol. The highest BCUT2D eigenvalue weighted by molar-refractivity contribution is 5.80. The van der Waals surface area contributed by atoms with Gasteiger partial charge in [-0.3, -0.25) is 0 Å². The van der Waals surface area contributed by atoms with Crippen LogP contribution < -0.4 is 10.2 Å². The number of guanidine groups is 1. The molecule has 2 aromatic rings. The minimum Gasteiger partial charge on any atom is -0.371 e. The average Bonchev–Trinajstić information content (AvgIpc) is 3.21. The van der Waals surface area contributed by atoms with Gasteiger partial charge in [-0.2, -0.15) is 4.98 Å². The van der Waals surface area contributed by atoms with E-state index in [1.165, 1.54) is 0 Å². The second-order valence-electron chi connectivity index (χ2n) is 6.48. The zero-order valence-corrected chi connectivity index (χ0v) is 16.8. The number of pyridine rings is 1. The first-order valence-corrected chi connectivity index (χ1v) is 9.84. The fourth-order valence-electron chi connectivity index (χ4n) is 3.08. The van der Waals surface area contributed by atoms with E-state index in [9.17, 15) is 0 Å². The highest BCUT2D eigenvalue weighted by atomic mass is 16.5. The maximum Gasteiger partial charge on any atom is 0.248 e. The topological polar surface area (TPSA) is 91.9 Å². The SMILES string of the molecule is CCNC(=NCc1nc(C(C)OCC)no1)N1CCN(c2ccccn2)CC1. The second-order valence-corrected chi connectivity index (χ2v) is 6.48. The molecule has 9 heteroatoms. The lowest BCUT2D eigenvalue weighted by atomic mass is 10.3. The molecule has 28 heavy (non-hydrogen) atoms. The van der Waals surface area contributed by atoms with Crippen molar-refractivity contribution in [1.29, 1.82) is 0 Å². The Morgan fingerprint density at radius 2 is 2.11 bits per heavy atom. The van der Waals surface area contributed by atoms with E-state index in [1.807, 2.05) is 38.2 Å². The van der Waals surface area contributed by atoms with Gasteiger partial charge in [-0.15, -0.1) is 0 Å². The molecule has 1 aliphatic heterocycles. The van der Waals surface area contributed by atoms with Gasteiger partial charge >= 0.3 is 0 Å². The van der Waals surface area contributed by atoms with Gasteiger partial charge in [0.05, 0.1) is 0 Å². The smallest absolute Gasteiger partial charge is 0.248 e. The lowest BCUT2D eigenvalue weighted by Crippen LogP contribution is -2.52. The molecule has 0 aromatic carbocycles. The van der Waals surface area contributed by atoms with Crippen LogP contribution in [0.1, 0.15) is 38.6 Å². The normalized spacial score (nSPS) is 16.3. The number of nitrogens with zero attached hydrogens (tertiary/aromatic N) is 6. The maximum absolute atomic E-state index is 5.50. The molecule has 1 saturated heterocycles. The van der Waals surface area contributed by atoms with Gasteiger partial charge in [0.1, 0.15) is 18.5 Å². The van der Waals surface area contributed by atoms with Crippen LogP contribution in [-0.4, -0.2) is 65.3 Å². The standard InChI is InChI=1S/C19H29N7O2/c1-4-20-19(22-14-17-23-18(24-28-17)15(3)27-5-2)26-12-10-25(11-13-26)16-8-6-7-9-21-16/h6-9,15H,4-5,10-14H2,1-3H3,(H,20,22). The highest BCUT2D eigenvalue weighted by Crippen LogP contribution is 2.14. The van der Waals surface area contributed by atoms with Gasteiger partial charge in [0.15, 0.2) is 11.8 Å². The van der Waals surface area contributed by atoms with Gasteiger partial charge in [-0.25, -0.2) is 9.98 Å². The molecule has 3 heterocycles. The third-order valence-corrected chi connectivity index (χ3v) is 4.52. The summed E-state index contributed by atoms with van der Waals surface area (Å²) in [6.45, 7) is 11.2. The molecule has 1 unspecified atom stereocenters. The minimum atomic E-state index is -0.181. The lowest BCUT2D eigenvalue weighted by molar-refractivity contribution is 0.0683. The summed E-state index contributed by atoms with van der Waals surface area (Å²) >= 11 is 0. The molecule has 0 radical (unpaired) electrons. The number of piperazine rings is 1. The Hall–Kier alpha value is -2.68. The largest absolute Gasteiger partial charge is 0.371 e. The summed E-state index contributed by atoms with van der Waals surface area (Å²) in [5.74, 6) is 2.93. The Morgan fingerprint density at radius 3 is 2.79 bits per heavy atom. The van der Waals surface area contributed by atoms with Crippen molar-refractivity contribution in [1.82, 2.24) is 25.3 Å². The molecule has 0 spiro atoms. The number of hydrogen-bond donors (Lipinski definition) is 1. The molecular formula is C19H29N7O2. The fourth-order valence-corrected chi connectivity index (χ4v) is 3.08. The van der Waals surface area contributed by atoms with E-state index in [2.05, 4.69) is 42.2 Å². The van der Waals surface area contributed by atoms with Crippen LogP contribution in [0.25, 0.3) is 0 Å². The van der Waals surface area contributed by atoms with Gasteiger partial charge in [0, 0.05) is 45.5 Å². The molecule has 0 saturated carbocycles. The van der Waals surface area contributed by atoms with Gasteiger partial charge in [0.2, 0.25) is 5.89 Å². The van der Waals surface area contributed by atoms with Crippen LogP contribution in [0.5, 0.6) is 0 Å². The summed E-state index contributed by atoms with van der Waals surface area (Å²) in [6, 6.07) is 6.00. The summed E-state index contributed by atoms with van der Waals surface area (Å²) in [5, 5.41) is 7.34. The van der Waals surface area contributed by atoms with Crippen molar-refractivity contribution in [2.45, 2.75) is 33.4 Å². The molecule has 2 aromatic heterocycles. The summed E-state index contributed by atoms with van der Waals surface area (Å²) < 4.78 is 10.8. The van der Waals surface area contributed by atoms with Crippen LogP contribution in [0.4, 0.5) is 5.82 Å². The van der Waals surface area contributed by atoms with Crippen LogP contribution in [0.15, 0.2) is 33.9 Å². The molecule has 1 atom stereocenters. The molecule has 0 aliphatic carbocycles.